The third kappa shape index (κ3) is 7.31. The van der Waals surface area contributed by atoms with Crippen LogP contribution in [0.5, 0.6) is 0 Å². The van der Waals surface area contributed by atoms with Gasteiger partial charge >= 0.3 is 0 Å². The van der Waals surface area contributed by atoms with E-state index in [9.17, 15) is 14.9 Å². The maximum Gasteiger partial charge on any atom is 0.269 e. The Morgan fingerprint density at radius 1 is 1.43 bits per heavy atom. The molecule has 1 amide bonds. The van der Waals surface area contributed by atoms with Crippen LogP contribution in [-0.2, 0) is 4.79 Å². The number of hydrogen-bond donors (Lipinski definition) is 2. The molecule has 0 radical (unpaired) electrons. The highest BCUT2D eigenvalue weighted by molar-refractivity contribution is 8.00. The number of thioether (sulfide) groups is 1. The standard InChI is InChI=1S/C13H19N3O3S.ClH/c1-9(12(17)15-8-13(2,3)14)20-11-6-4-10(5-7-11)16(18)19;/h4-7,9H,8,14H2,1-3H3,(H,15,17);1H. The van der Waals surface area contributed by atoms with Crippen LogP contribution in [-0.4, -0.2) is 28.2 Å². The summed E-state index contributed by atoms with van der Waals surface area (Å²) < 4.78 is 0. The number of nitrogens with two attached hydrogens (primary N) is 1. The van der Waals surface area contributed by atoms with Crippen LogP contribution in [0.3, 0.4) is 0 Å². The molecule has 0 aromatic heterocycles. The van der Waals surface area contributed by atoms with E-state index < -0.39 is 10.5 Å². The number of nitrogens with zero attached hydrogens (tertiary/aromatic N) is 1. The van der Waals surface area contributed by atoms with Crippen molar-refractivity contribution in [2.75, 3.05) is 6.54 Å². The molecular weight excluding hydrogens is 314 g/mol. The highest BCUT2D eigenvalue weighted by Gasteiger charge is 2.18. The predicted octanol–water partition coefficient (Wildman–Crippen LogP) is 2.35. The van der Waals surface area contributed by atoms with Gasteiger partial charge in [-0.15, -0.1) is 24.2 Å². The van der Waals surface area contributed by atoms with Crippen molar-refractivity contribution in [1.82, 2.24) is 5.32 Å². The second kappa shape index (κ2) is 8.21. The van der Waals surface area contributed by atoms with Crippen molar-refractivity contribution in [3.8, 4) is 0 Å². The first kappa shape index (κ1) is 19.7. The molecule has 1 unspecified atom stereocenters. The Morgan fingerprint density at radius 2 is 1.95 bits per heavy atom. The van der Waals surface area contributed by atoms with Crippen LogP contribution in [0.4, 0.5) is 5.69 Å². The minimum atomic E-state index is -0.451. The van der Waals surface area contributed by atoms with Crippen molar-refractivity contribution < 1.29 is 9.72 Å². The molecule has 3 N–H and O–H groups in total. The lowest BCUT2D eigenvalue weighted by Gasteiger charge is -2.20. The zero-order valence-corrected chi connectivity index (χ0v) is 13.8. The average molecular weight is 334 g/mol. The molecule has 8 heteroatoms. The molecule has 0 saturated carbocycles. The summed E-state index contributed by atoms with van der Waals surface area (Å²) in [5.74, 6) is -0.105. The van der Waals surface area contributed by atoms with Gasteiger partial charge in [-0.3, -0.25) is 14.9 Å². The van der Waals surface area contributed by atoms with Gasteiger partial charge in [-0.1, -0.05) is 0 Å². The number of nitro groups is 1. The Morgan fingerprint density at radius 3 is 2.38 bits per heavy atom. The third-order valence-electron chi connectivity index (χ3n) is 2.45. The maximum atomic E-state index is 11.9. The number of halogens is 1. The fourth-order valence-electron chi connectivity index (χ4n) is 1.36. The zero-order chi connectivity index (χ0) is 15.3. The first-order chi connectivity index (χ1) is 9.19. The number of amides is 1. The minimum absolute atomic E-state index is 0. The van der Waals surface area contributed by atoms with Gasteiger partial charge < -0.3 is 11.1 Å². The molecule has 1 aromatic carbocycles. The van der Waals surface area contributed by atoms with E-state index in [4.69, 9.17) is 5.73 Å². The molecule has 0 saturated heterocycles. The van der Waals surface area contributed by atoms with E-state index >= 15 is 0 Å². The number of hydrogen-bond acceptors (Lipinski definition) is 5. The topological polar surface area (TPSA) is 98.3 Å². The second-order valence-electron chi connectivity index (χ2n) is 5.22. The maximum absolute atomic E-state index is 11.9. The van der Waals surface area contributed by atoms with E-state index in [1.165, 1.54) is 23.9 Å². The molecule has 0 aliphatic carbocycles. The van der Waals surface area contributed by atoms with E-state index in [2.05, 4.69) is 5.32 Å². The van der Waals surface area contributed by atoms with Crippen LogP contribution >= 0.6 is 24.2 Å². The molecule has 0 heterocycles. The minimum Gasteiger partial charge on any atom is -0.353 e. The lowest BCUT2D eigenvalue weighted by atomic mass is 10.1. The van der Waals surface area contributed by atoms with Crippen molar-refractivity contribution in [2.24, 2.45) is 5.73 Å². The average Bonchev–Trinajstić information content (AvgIpc) is 2.35. The third-order valence-corrected chi connectivity index (χ3v) is 3.56. The van der Waals surface area contributed by atoms with Gasteiger partial charge in [-0.05, 0) is 32.9 Å². The van der Waals surface area contributed by atoms with Crippen LogP contribution in [0, 0.1) is 10.1 Å². The summed E-state index contributed by atoms with van der Waals surface area (Å²) >= 11 is 1.35. The quantitative estimate of drug-likeness (QED) is 0.473. The summed E-state index contributed by atoms with van der Waals surface area (Å²) in [6, 6.07) is 6.13. The number of nitro benzene ring substituents is 1. The Bertz CT molecular complexity index is 488. The van der Waals surface area contributed by atoms with Crippen LogP contribution in [0.2, 0.25) is 0 Å². The van der Waals surface area contributed by atoms with Crippen LogP contribution in [0.25, 0.3) is 0 Å². The van der Waals surface area contributed by atoms with Gasteiger partial charge in [0.25, 0.3) is 5.69 Å². The fraction of sp³-hybridized carbons (Fsp3) is 0.462. The lowest BCUT2D eigenvalue weighted by Crippen LogP contribution is -2.46. The van der Waals surface area contributed by atoms with E-state index in [0.29, 0.717) is 6.54 Å². The van der Waals surface area contributed by atoms with Gasteiger partial charge in [0, 0.05) is 29.1 Å². The van der Waals surface area contributed by atoms with Crippen molar-refractivity contribution in [2.45, 2.75) is 36.5 Å². The molecule has 6 nitrogen and oxygen atoms in total. The molecule has 1 aromatic rings. The smallest absolute Gasteiger partial charge is 0.269 e. The zero-order valence-electron chi connectivity index (χ0n) is 12.2. The highest BCUT2D eigenvalue weighted by Crippen LogP contribution is 2.25. The van der Waals surface area contributed by atoms with E-state index in [0.717, 1.165) is 4.90 Å². The van der Waals surface area contributed by atoms with Crippen LogP contribution < -0.4 is 11.1 Å². The molecule has 0 aliphatic heterocycles. The van der Waals surface area contributed by atoms with E-state index in [1.54, 1.807) is 19.1 Å². The van der Waals surface area contributed by atoms with E-state index in [-0.39, 0.29) is 29.3 Å². The molecule has 0 fully saturated rings. The first-order valence-electron chi connectivity index (χ1n) is 6.17. The Hall–Kier alpha value is -1.31. The predicted molar refractivity (Wildman–Crippen MR) is 86.9 cm³/mol. The van der Waals surface area contributed by atoms with Crippen LogP contribution in [0.15, 0.2) is 29.2 Å². The molecular formula is C13H20ClN3O3S. The summed E-state index contributed by atoms with van der Waals surface area (Å²) in [7, 11) is 0. The fourth-order valence-corrected chi connectivity index (χ4v) is 2.25. The number of carbonyl (C=O) groups is 1. The summed E-state index contributed by atoms with van der Waals surface area (Å²) in [5, 5.41) is 13.0. The van der Waals surface area contributed by atoms with Crippen molar-refractivity contribution in [1.29, 1.82) is 0 Å². The molecule has 21 heavy (non-hydrogen) atoms. The van der Waals surface area contributed by atoms with Gasteiger partial charge in [-0.25, -0.2) is 0 Å². The number of benzene rings is 1. The Kier molecular flexibility index (Phi) is 7.70. The molecule has 1 rings (SSSR count). The van der Waals surface area contributed by atoms with Gasteiger partial charge in [-0.2, -0.15) is 0 Å². The van der Waals surface area contributed by atoms with Gasteiger partial charge in [0.05, 0.1) is 10.2 Å². The molecule has 118 valence electrons. The molecule has 0 spiro atoms. The van der Waals surface area contributed by atoms with Crippen molar-refractivity contribution >= 4 is 35.8 Å². The summed E-state index contributed by atoms with van der Waals surface area (Å²) in [6.45, 7) is 5.85. The number of nitrogens with one attached hydrogen (secondary N) is 1. The van der Waals surface area contributed by atoms with Crippen molar-refractivity contribution in [3.63, 3.8) is 0 Å². The second-order valence-corrected chi connectivity index (χ2v) is 6.63. The Balaban J connectivity index is 0.00000400. The van der Waals surface area contributed by atoms with Gasteiger partial charge in [0.2, 0.25) is 5.91 Å². The molecule has 0 aliphatic rings. The Labute approximate surface area is 134 Å². The van der Waals surface area contributed by atoms with Gasteiger partial charge in [0.15, 0.2) is 0 Å². The van der Waals surface area contributed by atoms with Crippen molar-refractivity contribution in [3.05, 3.63) is 34.4 Å². The first-order valence-corrected chi connectivity index (χ1v) is 7.05. The number of rotatable bonds is 6. The summed E-state index contributed by atoms with van der Waals surface area (Å²) in [6.07, 6.45) is 0. The molecule has 1 atom stereocenters. The van der Waals surface area contributed by atoms with Gasteiger partial charge in [0.1, 0.15) is 0 Å². The number of carbonyl (C=O) groups excluding carboxylic acids is 1. The van der Waals surface area contributed by atoms with Crippen LogP contribution in [0.1, 0.15) is 20.8 Å². The highest BCUT2D eigenvalue weighted by atomic mass is 35.5. The monoisotopic (exact) mass is 333 g/mol. The lowest BCUT2D eigenvalue weighted by molar-refractivity contribution is -0.384. The molecule has 0 bridgehead atoms. The normalized spacial score (nSPS) is 12.2. The summed E-state index contributed by atoms with van der Waals surface area (Å²) in [5.41, 5.74) is 5.38. The van der Waals surface area contributed by atoms with E-state index in [1.807, 2.05) is 13.8 Å². The summed E-state index contributed by atoms with van der Waals surface area (Å²) in [4.78, 5) is 22.8. The number of non-ortho nitro benzene ring substituents is 1. The SMILES string of the molecule is CC(Sc1ccc([N+](=O)[O-])cc1)C(=O)NCC(C)(C)N.Cl. The largest absolute Gasteiger partial charge is 0.353 e.